The third-order valence-corrected chi connectivity index (χ3v) is 7.89. The van der Waals surface area contributed by atoms with E-state index in [-0.39, 0.29) is 5.41 Å². The third-order valence-electron chi connectivity index (χ3n) is 4.39. The second kappa shape index (κ2) is 6.97. The minimum atomic E-state index is 0.229. The number of thioether (sulfide) groups is 2. The first-order valence-electron chi connectivity index (χ1n) is 7.87. The summed E-state index contributed by atoms with van der Waals surface area (Å²) in [5.74, 6) is 1.24. The maximum atomic E-state index is 3.55. The number of benzene rings is 1. The average molecular weight is 324 g/mol. The van der Waals surface area contributed by atoms with Crippen LogP contribution in [-0.4, -0.2) is 28.6 Å². The molecule has 0 aromatic heterocycles. The van der Waals surface area contributed by atoms with Gasteiger partial charge < -0.3 is 5.32 Å². The van der Waals surface area contributed by atoms with Crippen molar-refractivity contribution in [3.8, 4) is 0 Å². The van der Waals surface area contributed by atoms with Gasteiger partial charge in [0.05, 0.1) is 0 Å². The van der Waals surface area contributed by atoms with Crippen LogP contribution in [0.1, 0.15) is 51.8 Å². The van der Waals surface area contributed by atoms with Crippen LogP contribution in [0.4, 0.5) is 0 Å². The van der Waals surface area contributed by atoms with Crippen LogP contribution in [0.5, 0.6) is 0 Å². The van der Waals surface area contributed by atoms with Gasteiger partial charge in [0.25, 0.3) is 0 Å². The van der Waals surface area contributed by atoms with Gasteiger partial charge in [-0.25, -0.2) is 0 Å². The van der Waals surface area contributed by atoms with Crippen LogP contribution in [0.15, 0.2) is 24.3 Å². The number of hydrogen-bond acceptors (Lipinski definition) is 3. The zero-order valence-corrected chi connectivity index (χ0v) is 15.8. The Bertz CT molecular complexity index is 449. The maximum absolute atomic E-state index is 3.55. The van der Waals surface area contributed by atoms with Crippen molar-refractivity contribution in [3.05, 3.63) is 35.4 Å². The molecule has 2 rings (SSSR count). The van der Waals surface area contributed by atoms with Crippen molar-refractivity contribution in [2.24, 2.45) is 0 Å². The van der Waals surface area contributed by atoms with Crippen LogP contribution in [0.3, 0.4) is 0 Å². The van der Waals surface area contributed by atoms with Crippen molar-refractivity contribution in [1.82, 2.24) is 5.32 Å². The van der Waals surface area contributed by atoms with Crippen molar-refractivity contribution in [3.63, 3.8) is 0 Å². The molecule has 1 fully saturated rings. The lowest BCUT2D eigenvalue weighted by atomic mass is 9.86. The third kappa shape index (κ3) is 4.20. The fourth-order valence-electron chi connectivity index (χ4n) is 2.74. The highest BCUT2D eigenvalue weighted by molar-refractivity contribution is 8.07. The zero-order valence-electron chi connectivity index (χ0n) is 14.1. The minimum Gasteiger partial charge on any atom is -0.312 e. The largest absolute Gasteiger partial charge is 0.312 e. The van der Waals surface area contributed by atoms with Gasteiger partial charge in [0.1, 0.15) is 0 Å². The van der Waals surface area contributed by atoms with Crippen molar-refractivity contribution in [2.45, 2.75) is 61.8 Å². The molecule has 1 aromatic carbocycles. The molecular formula is C18H29NS2. The van der Waals surface area contributed by atoms with Crippen LogP contribution < -0.4 is 5.32 Å². The number of rotatable bonds is 3. The molecule has 118 valence electrons. The summed E-state index contributed by atoms with van der Waals surface area (Å²) in [4.78, 5) is 0. The number of hydrogen-bond donors (Lipinski definition) is 1. The SMILES string of the molecule is CNC(c1ccc(C(C)(C)C)cc1)C1CSC(C)C(C)S1. The van der Waals surface area contributed by atoms with Gasteiger partial charge in [-0.3, -0.25) is 0 Å². The summed E-state index contributed by atoms with van der Waals surface area (Å²) in [5.41, 5.74) is 3.06. The van der Waals surface area contributed by atoms with Crippen LogP contribution >= 0.6 is 23.5 Å². The van der Waals surface area contributed by atoms with Gasteiger partial charge in [-0.15, -0.1) is 0 Å². The Morgan fingerprint density at radius 2 is 1.71 bits per heavy atom. The van der Waals surface area contributed by atoms with E-state index in [0.29, 0.717) is 11.3 Å². The molecular weight excluding hydrogens is 294 g/mol. The Labute approximate surface area is 139 Å². The standard InChI is InChI=1S/C18H29NS2/c1-12-13(2)21-16(11-20-12)17(19-6)14-7-9-15(10-8-14)18(3,4)5/h7-10,12-13,16-17,19H,11H2,1-6H3. The highest BCUT2D eigenvalue weighted by Crippen LogP contribution is 2.41. The fraction of sp³-hybridized carbons (Fsp3) is 0.667. The van der Waals surface area contributed by atoms with E-state index in [1.165, 1.54) is 16.9 Å². The first-order valence-corrected chi connectivity index (χ1v) is 9.87. The lowest BCUT2D eigenvalue weighted by Crippen LogP contribution is -2.35. The second-order valence-electron chi connectivity index (χ2n) is 7.06. The normalized spacial score (nSPS) is 28.4. The van der Waals surface area contributed by atoms with E-state index in [0.717, 1.165) is 10.5 Å². The fourth-order valence-corrected chi connectivity index (χ4v) is 5.90. The van der Waals surface area contributed by atoms with Gasteiger partial charge in [0.2, 0.25) is 0 Å². The van der Waals surface area contributed by atoms with Crippen molar-refractivity contribution < 1.29 is 0 Å². The molecule has 1 saturated heterocycles. The molecule has 0 bridgehead atoms. The Morgan fingerprint density at radius 1 is 1.10 bits per heavy atom. The molecule has 3 heteroatoms. The van der Waals surface area contributed by atoms with E-state index in [1.807, 2.05) is 0 Å². The summed E-state index contributed by atoms with van der Waals surface area (Å²) in [5, 5.41) is 5.71. The van der Waals surface area contributed by atoms with Crippen LogP contribution in [0.2, 0.25) is 0 Å². The van der Waals surface area contributed by atoms with Crippen molar-refractivity contribution in [1.29, 1.82) is 0 Å². The van der Waals surface area contributed by atoms with E-state index in [9.17, 15) is 0 Å². The number of nitrogens with one attached hydrogen (secondary N) is 1. The van der Waals surface area contributed by atoms with Crippen LogP contribution in [0, 0.1) is 0 Å². The van der Waals surface area contributed by atoms with Gasteiger partial charge in [-0.05, 0) is 23.6 Å². The molecule has 1 aromatic rings. The van der Waals surface area contributed by atoms with Crippen LogP contribution in [-0.2, 0) is 5.41 Å². The minimum absolute atomic E-state index is 0.229. The first-order chi connectivity index (χ1) is 9.82. The quantitative estimate of drug-likeness (QED) is 0.852. The lowest BCUT2D eigenvalue weighted by molar-refractivity contribution is 0.578. The Balaban J connectivity index is 2.14. The molecule has 1 aliphatic rings. The molecule has 1 nitrogen and oxygen atoms in total. The predicted octanol–water partition coefficient (Wildman–Crippen LogP) is 4.87. The highest BCUT2D eigenvalue weighted by Gasteiger charge is 2.31. The molecule has 1 N–H and O–H groups in total. The van der Waals surface area contributed by atoms with E-state index in [2.05, 4.69) is 94.8 Å². The van der Waals surface area contributed by atoms with Gasteiger partial charge in [0.15, 0.2) is 0 Å². The smallest absolute Gasteiger partial charge is 0.0446 e. The summed E-state index contributed by atoms with van der Waals surface area (Å²) >= 11 is 4.27. The van der Waals surface area contributed by atoms with E-state index < -0.39 is 0 Å². The monoisotopic (exact) mass is 323 g/mol. The van der Waals surface area contributed by atoms with Gasteiger partial charge in [0, 0.05) is 27.5 Å². The average Bonchev–Trinajstić information content (AvgIpc) is 2.43. The van der Waals surface area contributed by atoms with Crippen molar-refractivity contribution in [2.75, 3.05) is 12.8 Å². The summed E-state index contributed by atoms with van der Waals surface area (Å²) in [6, 6.07) is 9.68. The summed E-state index contributed by atoms with van der Waals surface area (Å²) in [6.07, 6.45) is 0. The topological polar surface area (TPSA) is 12.0 Å². The molecule has 1 aliphatic heterocycles. The molecule has 1 heterocycles. The molecule has 4 atom stereocenters. The first kappa shape index (κ1) is 17.2. The molecule has 0 amide bonds. The summed E-state index contributed by atoms with van der Waals surface area (Å²) < 4.78 is 0. The second-order valence-corrected chi connectivity index (χ2v) is 10.1. The van der Waals surface area contributed by atoms with Gasteiger partial charge in [-0.2, -0.15) is 23.5 Å². The van der Waals surface area contributed by atoms with Crippen LogP contribution in [0.25, 0.3) is 0 Å². The van der Waals surface area contributed by atoms with E-state index in [1.54, 1.807) is 0 Å². The molecule has 0 aliphatic carbocycles. The van der Waals surface area contributed by atoms with E-state index >= 15 is 0 Å². The molecule has 0 spiro atoms. The predicted molar refractivity (Wildman–Crippen MR) is 99.7 cm³/mol. The Morgan fingerprint density at radius 3 is 2.19 bits per heavy atom. The maximum Gasteiger partial charge on any atom is 0.0446 e. The van der Waals surface area contributed by atoms with Crippen molar-refractivity contribution >= 4 is 23.5 Å². The lowest BCUT2D eigenvalue weighted by Gasteiger charge is -2.36. The molecule has 0 radical (unpaired) electrons. The zero-order chi connectivity index (χ0) is 15.6. The highest BCUT2D eigenvalue weighted by atomic mass is 32.2. The Hall–Kier alpha value is -0.120. The van der Waals surface area contributed by atoms with Gasteiger partial charge >= 0.3 is 0 Å². The Kier molecular flexibility index (Phi) is 5.72. The van der Waals surface area contributed by atoms with E-state index in [4.69, 9.17) is 0 Å². The molecule has 21 heavy (non-hydrogen) atoms. The summed E-state index contributed by atoms with van der Waals surface area (Å²) in [6.45, 7) is 11.5. The molecule has 4 unspecified atom stereocenters. The summed E-state index contributed by atoms with van der Waals surface area (Å²) in [7, 11) is 2.09. The molecule has 0 saturated carbocycles. The van der Waals surface area contributed by atoms with Gasteiger partial charge in [-0.1, -0.05) is 58.9 Å².